The fourth-order valence-electron chi connectivity index (χ4n) is 5.62. The minimum Gasteiger partial charge on any atom is -0.481 e. The normalized spacial score (nSPS) is 17.3. The number of benzene rings is 1. The second-order valence-corrected chi connectivity index (χ2v) is 12.4. The van der Waals surface area contributed by atoms with E-state index in [0.29, 0.717) is 17.7 Å². The van der Waals surface area contributed by atoms with Gasteiger partial charge in [0.2, 0.25) is 11.8 Å². The van der Waals surface area contributed by atoms with Crippen molar-refractivity contribution < 1.29 is 49.6 Å². The molecule has 0 bridgehead atoms. The Morgan fingerprint density at radius 1 is 1.00 bits per heavy atom. The number of amides is 4. The quantitative estimate of drug-likeness (QED) is 0.124. The molecule has 2 aliphatic rings. The molecular formula is C33H42N4O10. The molecule has 1 fully saturated rings. The van der Waals surface area contributed by atoms with Crippen molar-refractivity contribution in [3.05, 3.63) is 42.0 Å². The highest BCUT2D eigenvalue weighted by Gasteiger charge is 2.53. The Morgan fingerprint density at radius 3 is 2.15 bits per heavy atom. The lowest BCUT2D eigenvalue weighted by molar-refractivity contribution is -0.155. The van der Waals surface area contributed by atoms with Crippen LogP contribution in [-0.4, -0.2) is 82.3 Å². The molecule has 1 saturated heterocycles. The van der Waals surface area contributed by atoms with E-state index in [1.165, 1.54) is 19.1 Å². The van der Waals surface area contributed by atoms with Gasteiger partial charge in [0.25, 0.3) is 18.3 Å². The number of Topliss-reactive ketones (excluding diaryl/α,β-unsaturated/α-hetero) is 2. The zero-order chi connectivity index (χ0) is 35.6. The molecule has 0 aromatic heterocycles. The summed E-state index contributed by atoms with van der Waals surface area (Å²) in [5, 5.41) is 17.5. The van der Waals surface area contributed by atoms with Crippen LogP contribution in [-0.2, 0) is 49.7 Å². The first-order valence-corrected chi connectivity index (χ1v) is 15.5. The van der Waals surface area contributed by atoms with Crippen molar-refractivity contribution in [1.82, 2.24) is 15.5 Å². The molecule has 1 aromatic rings. The first-order chi connectivity index (χ1) is 22.6. The lowest BCUT2D eigenvalue weighted by Gasteiger charge is -2.46. The monoisotopic (exact) mass is 655 g/mol. The first kappa shape index (κ1) is 35.1. The number of imide groups is 1. The van der Waals surface area contributed by atoms with Gasteiger partial charge in [0.05, 0.1) is 6.04 Å². The average Bonchev–Trinajstić information content (AvgIpc) is 3.33. The lowest BCUT2D eigenvalue weighted by Crippen LogP contribution is -2.74. The SMILES string of the molecule is [2H]C(=O)OCc1ccc(NC(=O)[C@H](CCC(=O)O)CC(=O)[C@H](C)NC(=O)[C@H](CCC(=O)C2(N3C(=O)C=CC3=O)CNC2)CC(C)C)cc1. The van der Waals surface area contributed by atoms with Gasteiger partial charge in [0.1, 0.15) is 12.1 Å². The van der Waals surface area contributed by atoms with Gasteiger partial charge in [-0.05, 0) is 49.8 Å². The number of hydrogen-bond donors (Lipinski definition) is 4. The highest BCUT2D eigenvalue weighted by atomic mass is 16.5. The second kappa shape index (κ2) is 16.7. The molecule has 2 heterocycles. The van der Waals surface area contributed by atoms with Crippen LogP contribution in [0.1, 0.15) is 66.2 Å². The predicted octanol–water partition coefficient (Wildman–Crippen LogP) is 1.52. The summed E-state index contributed by atoms with van der Waals surface area (Å²) in [6, 6.07) is 5.19. The number of ketones is 2. The largest absolute Gasteiger partial charge is 0.481 e. The molecule has 0 unspecified atom stereocenters. The molecule has 0 spiro atoms. The van der Waals surface area contributed by atoms with Crippen molar-refractivity contribution in [2.45, 2.75) is 77.5 Å². The molecule has 14 nitrogen and oxygen atoms in total. The number of carboxylic acids is 1. The van der Waals surface area contributed by atoms with Gasteiger partial charge in [-0.15, -0.1) is 0 Å². The summed E-state index contributed by atoms with van der Waals surface area (Å²) in [6.45, 7) is 5.42. The molecule has 0 saturated carbocycles. The van der Waals surface area contributed by atoms with Crippen LogP contribution in [0.2, 0.25) is 0 Å². The minimum absolute atomic E-state index is 0.0676. The fourth-order valence-corrected chi connectivity index (χ4v) is 5.62. The number of rotatable bonds is 19. The number of nitrogens with one attached hydrogen (secondary N) is 3. The number of carbonyl (C=O) groups excluding carboxylic acids is 7. The number of anilines is 1. The van der Waals surface area contributed by atoms with Crippen molar-refractivity contribution in [1.29, 1.82) is 0 Å². The van der Waals surface area contributed by atoms with Crippen LogP contribution in [0, 0.1) is 17.8 Å². The molecule has 3 rings (SSSR count). The predicted molar refractivity (Wildman–Crippen MR) is 167 cm³/mol. The smallest absolute Gasteiger partial charge is 0.303 e. The Labute approximate surface area is 274 Å². The Morgan fingerprint density at radius 2 is 1.62 bits per heavy atom. The standard InChI is InChI=1S/C33H42N4O10/c1-20(2)14-23(6-10-27(40)33(17-34-18-33)37-28(41)11-12-29(37)42)31(45)35-21(3)26(39)15-24(7-13-30(43)44)32(46)36-25-8-4-22(5-9-25)16-47-19-38/h4-5,8-9,11-12,19-21,23-24,34H,6-7,10,13-18H2,1-3H3,(H,35,45)(H,36,46)(H,43,44)/t21-,23+,24+/m0/s1/i19D. The van der Waals surface area contributed by atoms with Crippen molar-refractivity contribution >= 4 is 53.3 Å². The van der Waals surface area contributed by atoms with E-state index in [4.69, 9.17) is 1.37 Å². The van der Waals surface area contributed by atoms with Crippen LogP contribution < -0.4 is 16.0 Å². The number of ether oxygens (including phenoxy) is 1. The van der Waals surface area contributed by atoms with E-state index in [-0.39, 0.29) is 63.5 Å². The highest BCUT2D eigenvalue weighted by Crippen LogP contribution is 2.29. The first-order valence-electron chi connectivity index (χ1n) is 16.0. The van der Waals surface area contributed by atoms with Crippen LogP contribution in [0.25, 0.3) is 0 Å². The Balaban J connectivity index is 1.62. The number of aliphatic carboxylic acids is 1. The van der Waals surface area contributed by atoms with Crippen LogP contribution in [0.5, 0.6) is 0 Å². The summed E-state index contributed by atoms with van der Waals surface area (Å²) in [7, 11) is 0. The van der Waals surface area contributed by atoms with E-state index in [1.54, 1.807) is 12.1 Å². The maximum atomic E-state index is 13.4. The fraction of sp³-hybridized carbons (Fsp3) is 0.515. The Hall–Kier alpha value is -4.72. The van der Waals surface area contributed by atoms with Gasteiger partial charge in [-0.3, -0.25) is 43.3 Å². The molecule has 0 radical (unpaired) electrons. The number of carboxylic acid groups (broad SMARTS) is 1. The molecule has 0 aliphatic carbocycles. The number of hydrogen-bond acceptors (Lipinski definition) is 10. The minimum atomic E-state index is -1.30. The Bertz CT molecular complexity index is 1440. The van der Waals surface area contributed by atoms with Crippen LogP contribution >= 0.6 is 0 Å². The summed E-state index contributed by atoms with van der Waals surface area (Å²) in [4.78, 5) is 101. The molecular weight excluding hydrogens is 612 g/mol. The topological polar surface area (TPSA) is 205 Å². The van der Waals surface area contributed by atoms with Gasteiger partial charge in [0, 0.05) is 62.0 Å². The summed E-state index contributed by atoms with van der Waals surface area (Å²) < 4.78 is 11.4. The van der Waals surface area contributed by atoms with Gasteiger partial charge in [-0.1, -0.05) is 26.0 Å². The van der Waals surface area contributed by atoms with Gasteiger partial charge >= 0.3 is 5.97 Å². The third-order valence-electron chi connectivity index (χ3n) is 8.32. The van der Waals surface area contributed by atoms with E-state index >= 15 is 0 Å². The van der Waals surface area contributed by atoms with Crippen molar-refractivity contribution in [3.63, 3.8) is 0 Å². The van der Waals surface area contributed by atoms with Crippen LogP contribution in [0.3, 0.4) is 0 Å². The Kier molecular flexibility index (Phi) is 12.5. The van der Waals surface area contributed by atoms with Crippen molar-refractivity contribution in [3.8, 4) is 0 Å². The van der Waals surface area contributed by atoms with Crippen LogP contribution in [0.15, 0.2) is 36.4 Å². The van der Waals surface area contributed by atoms with Gasteiger partial charge in [-0.2, -0.15) is 0 Å². The molecule has 3 atom stereocenters. The third kappa shape index (κ3) is 9.88. The number of nitrogens with zero attached hydrogens (tertiary/aromatic N) is 1. The van der Waals surface area contributed by atoms with Crippen molar-refractivity contribution in [2.75, 3.05) is 18.4 Å². The van der Waals surface area contributed by atoms with Gasteiger partial charge < -0.3 is 25.8 Å². The van der Waals surface area contributed by atoms with E-state index in [2.05, 4.69) is 20.7 Å². The van der Waals surface area contributed by atoms with Gasteiger partial charge in [-0.25, -0.2) is 0 Å². The second-order valence-electron chi connectivity index (χ2n) is 12.4. The summed E-state index contributed by atoms with van der Waals surface area (Å²) in [6.07, 6.45) is 0.697. The maximum absolute atomic E-state index is 13.4. The zero-order valence-corrected chi connectivity index (χ0v) is 26.7. The van der Waals surface area contributed by atoms with Gasteiger partial charge in [0.15, 0.2) is 12.9 Å². The summed E-state index contributed by atoms with van der Waals surface area (Å²) in [5.41, 5.74) is -0.371. The molecule has 14 heteroatoms. The van der Waals surface area contributed by atoms with E-state index in [1.807, 2.05) is 13.8 Å². The third-order valence-corrected chi connectivity index (χ3v) is 8.32. The molecule has 47 heavy (non-hydrogen) atoms. The molecule has 1 aromatic carbocycles. The summed E-state index contributed by atoms with van der Waals surface area (Å²) >= 11 is 0. The molecule has 2 aliphatic heterocycles. The lowest BCUT2D eigenvalue weighted by atomic mass is 9.81. The molecule has 4 amide bonds. The maximum Gasteiger partial charge on any atom is 0.303 e. The molecule has 4 N–H and O–H groups in total. The van der Waals surface area contributed by atoms with E-state index < -0.39 is 65.2 Å². The van der Waals surface area contributed by atoms with E-state index in [9.17, 15) is 43.5 Å². The van der Waals surface area contributed by atoms with Crippen molar-refractivity contribution in [2.24, 2.45) is 17.8 Å². The summed E-state index contributed by atoms with van der Waals surface area (Å²) in [5.74, 6) is -5.74. The van der Waals surface area contributed by atoms with Crippen LogP contribution in [0.4, 0.5) is 5.69 Å². The van der Waals surface area contributed by atoms with E-state index in [0.717, 1.165) is 17.1 Å². The zero-order valence-electron chi connectivity index (χ0n) is 27.7. The molecule has 254 valence electrons. The highest BCUT2D eigenvalue weighted by molar-refractivity contribution is 6.16. The number of carbonyl (C=O) groups is 8. The average molecular weight is 656 g/mol.